The molecule has 0 saturated carbocycles. The summed E-state index contributed by atoms with van der Waals surface area (Å²) in [6, 6.07) is 4.42. The van der Waals surface area contributed by atoms with Gasteiger partial charge in [-0.15, -0.1) is 5.10 Å². The van der Waals surface area contributed by atoms with E-state index in [1.807, 2.05) is 0 Å². The second kappa shape index (κ2) is 4.82. The van der Waals surface area contributed by atoms with Crippen molar-refractivity contribution in [3.05, 3.63) is 23.8 Å². The number of carboxylic acid groups (broad SMARTS) is 1. The summed E-state index contributed by atoms with van der Waals surface area (Å²) in [5, 5.41) is 16.4. The molecule has 0 aliphatic heterocycles. The first-order valence-corrected chi connectivity index (χ1v) is 5.34. The van der Waals surface area contributed by atoms with E-state index in [0.29, 0.717) is 17.6 Å². The zero-order chi connectivity index (χ0) is 13.1. The van der Waals surface area contributed by atoms with Crippen molar-refractivity contribution >= 4 is 23.0 Å². The lowest BCUT2D eigenvalue weighted by Gasteiger charge is -2.02. The Bertz CT molecular complexity index is 605. The Kier molecular flexibility index (Phi) is 3.22. The standard InChI is InChI=1S/C11H11N3O4/c1-2-18-10(15)6-14-9-4-3-7(11(16)17)5-8(9)12-13-14/h3-5H,2,6H2,1H3,(H,16,17). The van der Waals surface area contributed by atoms with Crippen molar-refractivity contribution in [1.82, 2.24) is 15.0 Å². The van der Waals surface area contributed by atoms with Gasteiger partial charge in [0.15, 0.2) is 0 Å². The van der Waals surface area contributed by atoms with Crippen LogP contribution >= 0.6 is 0 Å². The van der Waals surface area contributed by atoms with E-state index in [-0.39, 0.29) is 12.1 Å². The van der Waals surface area contributed by atoms with Crippen LogP contribution in [0.5, 0.6) is 0 Å². The molecule has 0 unspecified atom stereocenters. The van der Waals surface area contributed by atoms with Gasteiger partial charge < -0.3 is 9.84 Å². The summed E-state index contributed by atoms with van der Waals surface area (Å²) in [4.78, 5) is 22.1. The molecular weight excluding hydrogens is 238 g/mol. The third-order valence-electron chi connectivity index (χ3n) is 2.35. The average Bonchev–Trinajstić information content (AvgIpc) is 2.72. The van der Waals surface area contributed by atoms with Crippen LogP contribution in [0.4, 0.5) is 0 Å². The van der Waals surface area contributed by atoms with Crippen molar-refractivity contribution < 1.29 is 19.4 Å². The number of nitrogens with zero attached hydrogens (tertiary/aromatic N) is 3. The Morgan fingerprint density at radius 2 is 2.22 bits per heavy atom. The summed E-state index contributed by atoms with van der Waals surface area (Å²) in [6.45, 7) is 1.97. The molecular formula is C11H11N3O4. The van der Waals surface area contributed by atoms with Crippen molar-refractivity contribution in [2.45, 2.75) is 13.5 Å². The van der Waals surface area contributed by atoms with Gasteiger partial charge in [-0.05, 0) is 25.1 Å². The minimum absolute atomic E-state index is 0.0449. The van der Waals surface area contributed by atoms with Crippen molar-refractivity contribution in [3.63, 3.8) is 0 Å². The predicted octanol–water partition coefficient (Wildman–Crippen LogP) is 0.693. The number of carboxylic acids is 1. The highest BCUT2D eigenvalue weighted by atomic mass is 16.5. The number of hydrogen-bond acceptors (Lipinski definition) is 5. The third kappa shape index (κ3) is 2.29. The van der Waals surface area contributed by atoms with Gasteiger partial charge in [0, 0.05) is 0 Å². The summed E-state index contributed by atoms with van der Waals surface area (Å²) in [6.07, 6.45) is 0. The summed E-state index contributed by atoms with van der Waals surface area (Å²) in [5.41, 5.74) is 1.15. The van der Waals surface area contributed by atoms with Gasteiger partial charge in [-0.1, -0.05) is 5.21 Å². The minimum Gasteiger partial charge on any atom is -0.478 e. The highest BCUT2D eigenvalue weighted by Crippen LogP contribution is 2.13. The van der Waals surface area contributed by atoms with Crippen LogP contribution in [0.3, 0.4) is 0 Å². The Hall–Kier alpha value is -2.44. The summed E-state index contributed by atoms with van der Waals surface area (Å²) in [7, 11) is 0. The zero-order valence-corrected chi connectivity index (χ0v) is 9.66. The van der Waals surface area contributed by atoms with Gasteiger partial charge in [-0.25, -0.2) is 9.48 Å². The first-order valence-electron chi connectivity index (χ1n) is 5.34. The number of fused-ring (bicyclic) bond motifs is 1. The van der Waals surface area contributed by atoms with Gasteiger partial charge in [-0.3, -0.25) is 4.79 Å². The number of rotatable bonds is 4. The van der Waals surface area contributed by atoms with E-state index in [4.69, 9.17) is 9.84 Å². The predicted molar refractivity (Wildman–Crippen MR) is 61.1 cm³/mol. The Morgan fingerprint density at radius 3 is 2.89 bits per heavy atom. The minimum atomic E-state index is -1.03. The monoisotopic (exact) mass is 249 g/mol. The van der Waals surface area contributed by atoms with Crippen LogP contribution in [0, 0.1) is 0 Å². The number of benzene rings is 1. The second-order valence-corrected chi connectivity index (χ2v) is 3.56. The van der Waals surface area contributed by atoms with E-state index >= 15 is 0 Å². The smallest absolute Gasteiger partial charge is 0.335 e. The zero-order valence-electron chi connectivity index (χ0n) is 9.66. The fourth-order valence-electron chi connectivity index (χ4n) is 1.55. The molecule has 0 fully saturated rings. The molecule has 0 saturated heterocycles. The SMILES string of the molecule is CCOC(=O)Cn1nnc2cc(C(=O)O)ccc21. The fourth-order valence-corrected chi connectivity index (χ4v) is 1.55. The van der Waals surface area contributed by atoms with Crippen molar-refractivity contribution in [2.24, 2.45) is 0 Å². The molecule has 0 aliphatic carbocycles. The van der Waals surface area contributed by atoms with E-state index in [1.54, 1.807) is 13.0 Å². The third-order valence-corrected chi connectivity index (χ3v) is 2.35. The van der Waals surface area contributed by atoms with Crippen LogP contribution in [-0.4, -0.2) is 38.6 Å². The second-order valence-electron chi connectivity index (χ2n) is 3.56. The number of carbonyl (C=O) groups excluding carboxylic acids is 1. The number of carbonyl (C=O) groups is 2. The van der Waals surface area contributed by atoms with Crippen molar-refractivity contribution in [2.75, 3.05) is 6.61 Å². The molecule has 0 atom stereocenters. The van der Waals surface area contributed by atoms with Crippen molar-refractivity contribution in [3.8, 4) is 0 Å². The van der Waals surface area contributed by atoms with Gasteiger partial charge in [0.25, 0.3) is 0 Å². The number of hydrogen-bond donors (Lipinski definition) is 1. The summed E-state index contributed by atoms with van der Waals surface area (Å²) in [5.74, 6) is -1.44. The van der Waals surface area contributed by atoms with Crippen LogP contribution in [0.2, 0.25) is 0 Å². The molecule has 18 heavy (non-hydrogen) atoms. The number of esters is 1. The van der Waals surface area contributed by atoms with Gasteiger partial charge in [-0.2, -0.15) is 0 Å². The van der Waals surface area contributed by atoms with Crippen LogP contribution in [-0.2, 0) is 16.1 Å². The molecule has 7 heteroatoms. The Morgan fingerprint density at radius 1 is 1.44 bits per heavy atom. The first kappa shape index (κ1) is 12.0. The molecule has 7 nitrogen and oxygen atoms in total. The quantitative estimate of drug-likeness (QED) is 0.801. The molecule has 1 aromatic heterocycles. The molecule has 0 spiro atoms. The topological polar surface area (TPSA) is 94.3 Å². The largest absolute Gasteiger partial charge is 0.478 e. The van der Waals surface area contributed by atoms with Gasteiger partial charge >= 0.3 is 11.9 Å². The van der Waals surface area contributed by atoms with Crippen LogP contribution in [0.25, 0.3) is 11.0 Å². The molecule has 94 valence electrons. The molecule has 1 heterocycles. The molecule has 1 aromatic carbocycles. The number of aromatic carboxylic acids is 1. The lowest BCUT2D eigenvalue weighted by molar-refractivity contribution is -0.143. The molecule has 2 aromatic rings. The highest BCUT2D eigenvalue weighted by molar-refractivity contribution is 5.92. The molecule has 0 radical (unpaired) electrons. The molecule has 2 rings (SSSR count). The highest BCUT2D eigenvalue weighted by Gasteiger charge is 2.11. The van der Waals surface area contributed by atoms with Gasteiger partial charge in [0.05, 0.1) is 17.7 Å². The van der Waals surface area contributed by atoms with Gasteiger partial charge in [0.2, 0.25) is 0 Å². The molecule has 0 amide bonds. The normalized spacial score (nSPS) is 10.5. The maximum absolute atomic E-state index is 11.3. The van der Waals surface area contributed by atoms with Crippen LogP contribution < -0.4 is 0 Å². The lowest BCUT2D eigenvalue weighted by atomic mass is 10.2. The van der Waals surface area contributed by atoms with E-state index < -0.39 is 11.9 Å². The van der Waals surface area contributed by atoms with Crippen LogP contribution in [0.15, 0.2) is 18.2 Å². The van der Waals surface area contributed by atoms with E-state index in [9.17, 15) is 9.59 Å². The Labute approximate surface area is 102 Å². The summed E-state index contributed by atoms with van der Waals surface area (Å²) < 4.78 is 6.18. The lowest BCUT2D eigenvalue weighted by Crippen LogP contribution is -2.14. The first-order chi connectivity index (χ1) is 8.61. The van der Waals surface area contributed by atoms with E-state index in [2.05, 4.69) is 10.3 Å². The number of aromatic nitrogens is 3. The maximum Gasteiger partial charge on any atom is 0.335 e. The van der Waals surface area contributed by atoms with Crippen molar-refractivity contribution in [1.29, 1.82) is 0 Å². The maximum atomic E-state index is 11.3. The number of ether oxygens (including phenoxy) is 1. The molecule has 0 bridgehead atoms. The molecule has 1 N–H and O–H groups in total. The summed E-state index contributed by atoms with van der Waals surface area (Å²) >= 11 is 0. The van der Waals surface area contributed by atoms with E-state index in [0.717, 1.165) is 0 Å². The molecule has 0 aliphatic rings. The van der Waals surface area contributed by atoms with Crippen LogP contribution in [0.1, 0.15) is 17.3 Å². The van der Waals surface area contributed by atoms with E-state index in [1.165, 1.54) is 16.8 Å². The average molecular weight is 249 g/mol. The van der Waals surface area contributed by atoms with Gasteiger partial charge in [0.1, 0.15) is 12.1 Å². The fraction of sp³-hybridized carbons (Fsp3) is 0.273. The Balaban J connectivity index is 2.31.